The second kappa shape index (κ2) is 3.70. The minimum Gasteiger partial charge on any atom is -0.130 e. The van der Waals surface area contributed by atoms with Crippen LogP contribution in [0.25, 0.3) is 0 Å². The summed E-state index contributed by atoms with van der Waals surface area (Å²) in [5.74, 6) is 0.635. The molecule has 0 fully saturated rings. The average Bonchev–Trinajstić information content (AvgIpc) is 1.61. The highest BCUT2D eigenvalue weighted by atomic mass is 13.8. The molecular formula is C7H12. The van der Waals surface area contributed by atoms with Crippen molar-refractivity contribution in [3.63, 3.8) is 0 Å². The molecule has 0 atom stereocenters. The first-order valence-corrected chi connectivity index (χ1v) is 2.64. The Labute approximate surface area is 45.5 Å². The standard InChI is InChI=1S/C7H12/c1-4-5-6-7(2)3/h4,6-7H,1-3H3. The van der Waals surface area contributed by atoms with Gasteiger partial charge in [0, 0.05) is 0 Å². The molecule has 40 valence electrons. The van der Waals surface area contributed by atoms with E-state index >= 15 is 0 Å². The lowest BCUT2D eigenvalue weighted by atomic mass is 10.2. The number of hydrogen-bond acceptors (Lipinski definition) is 0. The lowest BCUT2D eigenvalue weighted by molar-refractivity contribution is 0.833. The number of rotatable bonds is 1. The molecule has 0 N–H and O–H groups in total. The van der Waals surface area contributed by atoms with Gasteiger partial charge in [-0.3, -0.25) is 0 Å². The molecule has 0 saturated heterocycles. The van der Waals surface area contributed by atoms with Gasteiger partial charge in [0.1, 0.15) is 0 Å². The van der Waals surface area contributed by atoms with Crippen LogP contribution in [0.4, 0.5) is 0 Å². The Kier molecular flexibility index (Phi) is 3.45. The molecule has 0 aliphatic rings. The zero-order chi connectivity index (χ0) is 5.70. The minimum atomic E-state index is 0.635. The van der Waals surface area contributed by atoms with Crippen LogP contribution in [0.5, 0.6) is 0 Å². The summed E-state index contributed by atoms with van der Waals surface area (Å²) < 4.78 is 0. The third-order valence-electron chi connectivity index (χ3n) is 0.596. The quantitative estimate of drug-likeness (QED) is 0.440. The Morgan fingerprint density at radius 1 is 1.43 bits per heavy atom. The first-order chi connectivity index (χ1) is 3.27. The molecule has 0 unspecified atom stereocenters. The van der Waals surface area contributed by atoms with Crippen LogP contribution in [-0.2, 0) is 0 Å². The Balaban J connectivity index is 3.46. The van der Waals surface area contributed by atoms with E-state index in [9.17, 15) is 0 Å². The zero-order valence-electron chi connectivity index (χ0n) is 5.23. The molecule has 0 amide bonds. The van der Waals surface area contributed by atoms with Crippen LogP contribution in [0.3, 0.4) is 0 Å². The van der Waals surface area contributed by atoms with Crippen molar-refractivity contribution in [2.24, 2.45) is 5.92 Å². The van der Waals surface area contributed by atoms with Crippen LogP contribution >= 0.6 is 0 Å². The molecule has 0 heterocycles. The van der Waals surface area contributed by atoms with Crippen LogP contribution in [0.1, 0.15) is 20.8 Å². The normalized spacial score (nSPS) is 8.00. The molecule has 7 heavy (non-hydrogen) atoms. The van der Waals surface area contributed by atoms with Crippen LogP contribution < -0.4 is 0 Å². The van der Waals surface area contributed by atoms with Crippen molar-refractivity contribution in [1.29, 1.82) is 0 Å². The van der Waals surface area contributed by atoms with Crippen molar-refractivity contribution in [3.8, 4) is 0 Å². The average molecular weight is 96.2 g/mol. The predicted molar refractivity (Wildman–Crippen MR) is 33.2 cm³/mol. The van der Waals surface area contributed by atoms with E-state index in [-0.39, 0.29) is 0 Å². The van der Waals surface area contributed by atoms with Gasteiger partial charge in [-0.15, -0.1) is 5.73 Å². The SMILES string of the molecule is CC=C=CC(C)C. The van der Waals surface area contributed by atoms with Crippen molar-refractivity contribution in [1.82, 2.24) is 0 Å². The maximum Gasteiger partial charge on any atom is -0.0214 e. The van der Waals surface area contributed by atoms with Gasteiger partial charge in [0.15, 0.2) is 0 Å². The van der Waals surface area contributed by atoms with Crippen LogP contribution in [0.2, 0.25) is 0 Å². The molecule has 0 rings (SSSR count). The summed E-state index contributed by atoms with van der Waals surface area (Å²) in [4.78, 5) is 0. The molecule has 0 aliphatic heterocycles. The van der Waals surface area contributed by atoms with Crippen LogP contribution in [0, 0.1) is 5.92 Å². The van der Waals surface area contributed by atoms with E-state index in [0.29, 0.717) is 5.92 Å². The molecule has 0 aliphatic carbocycles. The van der Waals surface area contributed by atoms with E-state index in [4.69, 9.17) is 0 Å². The molecule has 0 aromatic heterocycles. The van der Waals surface area contributed by atoms with E-state index in [1.807, 2.05) is 19.1 Å². The molecular weight excluding hydrogens is 84.1 g/mol. The molecule has 0 bridgehead atoms. The lowest BCUT2D eigenvalue weighted by Gasteiger charge is -1.84. The fourth-order valence-electron chi connectivity index (χ4n) is 0.289. The summed E-state index contributed by atoms with van der Waals surface area (Å²) in [6.07, 6.45) is 3.96. The van der Waals surface area contributed by atoms with Gasteiger partial charge in [-0.1, -0.05) is 13.8 Å². The van der Waals surface area contributed by atoms with E-state index < -0.39 is 0 Å². The molecule has 0 aromatic carbocycles. The Bertz CT molecular complexity index is 82.2. The maximum atomic E-state index is 3.00. The third kappa shape index (κ3) is 5.52. The van der Waals surface area contributed by atoms with Gasteiger partial charge in [0.2, 0.25) is 0 Å². The molecule has 0 radical (unpaired) electrons. The summed E-state index contributed by atoms with van der Waals surface area (Å²) in [6, 6.07) is 0. The van der Waals surface area contributed by atoms with Crippen molar-refractivity contribution in [2.45, 2.75) is 20.8 Å². The largest absolute Gasteiger partial charge is 0.130 e. The first-order valence-electron chi connectivity index (χ1n) is 2.64. The maximum absolute atomic E-state index is 3.00. The van der Waals surface area contributed by atoms with Crippen molar-refractivity contribution in [3.05, 3.63) is 17.9 Å². The van der Waals surface area contributed by atoms with Gasteiger partial charge >= 0.3 is 0 Å². The van der Waals surface area contributed by atoms with E-state index in [2.05, 4.69) is 19.6 Å². The second-order valence-corrected chi connectivity index (χ2v) is 1.87. The Morgan fingerprint density at radius 2 is 2.00 bits per heavy atom. The summed E-state index contributed by atoms with van der Waals surface area (Å²) in [7, 11) is 0. The highest BCUT2D eigenvalue weighted by molar-refractivity contribution is 4.83. The fourth-order valence-corrected chi connectivity index (χ4v) is 0.289. The summed E-state index contributed by atoms with van der Waals surface area (Å²) in [5.41, 5.74) is 3.00. The van der Waals surface area contributed by atoms with Gasteiger partial charge in [0.05, 0.1) is 0 Å². The molecule has 0 aromatic rings. The van der Waals surface area contributed by atoms with Gasteiger partial charge < -0.3 is 0 Å². The van der Waals surface area contributed by atoms with E-state index in [1.165, 1.54) is 0 Å². The summed E-state index contributed by atoms with van der Waals surface area (Å²) >= 11 is 0. The van der Waals surface area contributed by atoms with Crippen LogP contribution in [-0.4, -0.2) is 0 Å². The van der Waals surface area contributed by atoms with Gasteiger partial charge in [-0.05, 0) is 25.0 Å². The highest BCUT2D eigenvalue weighted by Gasteiger charge is 1.76. The van der Waals surface area contributed by atoms with Crippen LogP contribution in [0.15, 0.2) is 17.9 Å². The topological polar surface area (TPSA) is 0 Å². The fraction of sp³-hybridized carbons (Fsp3) is 0.571. The first kappa shape index (κ1) is 6.52. The Morgan fingerprint density at radius 3 is 2.14 bits per heavy atom. The molecule has 0 nitrogen and oxygen atoms in total. The smallest absolute Gasteiger partial charge is 0.0214 e. The third-order valence-corrected chi connectivity index (χ3v) is 0.596. The van der Waals surface area contributed by atoms with Crippen molar-refractivity contribution >= 4 is 0 Å². The van der Waals surface area contributed by atoms with Gasteiger partial charge in [-0.2, -0.15) is 0 Å². The lowest BCUT2D eigenvalue weighted by Crippen LogP contribution is -1.72. The Hall–Kier alpha value is -0.480. The van der Waals surface area contributed by atoms with Gasteiger partial charge in [0.25, 0.3) is 0 Å². The monoisotopic (exact) mass is 96.1 g/mol. The van der Waals surface area contributed by atoms with Gasteiger partial charge in [-0.25, -0.2) is 0 Å². The van der Waals surface area contributed by atoms with Crippen molar-refractivity contribution in [2.75, 3.05) is 0 Å². The second-order valence-electron chi connectivity index (χ2n) is 1.87. The molecule has 0 heteroatoms. The van der Waals surface area contributed by atoms with E-state index in [1.54, 1.807) is 0 Å². The predicted octanol–water partition coefficient (Wildman–Crippen LogP) is 2.37. The summed E-state index contributed by atoms with van der Waals surface area (Å²) in [5, 5.41) is 0. The number of hydrogen-bond donors (Lipinski definition) is 0. The van der Waals surface area contributed by atoms with E-state index in [0.717, 1.165) is 0 Å². The summed E-state index contributed by atoms with van der Waals surface area (Å²) in [6.45, 7) is 6.24. The highest BCUT2D eigenvalue weighted by Crippen LogP contribution is 1.89. The zero-order valence-corrected chi connectivity index (χ0v) is 5.23. The number of allylic oxidation sites excluding steroid dienone is 1. The minimum absolute atomic E-state index is 0.635. The molecule has 0 saturated carbocycles. The molecule has 0 spiro atoms. The van der Waals surface area contributed by atoms with Crippen molar-refractivity contribution < 1.29 is 0 Å².